The van der Waals surface area contributed by atoms with Crippen LogP contribution in [0.5, 0.6) is 0 Å². The summed E-state index contributed by atoms with van der Waals surface area (Å²) in [6.45, 7) is 0. The van der Waals surface area contributed by atoms with E-state index in [4.69, 9.17) is 11.6 Å². The van der Waals surface area contributed by atoms with Crippen LogP contribution in [-0.2, 0) is 5.41 Å². The molecule has 1 fully saturated rings. The van der Waals surface area contributed by atoms with Gasteiger partial charge in [-0.2, -0.15) is 0 Å². The molecule has 1 aromatic carbocycles. The normalized spacial score (nSPS) is 19.7. The first-order valence-electron chi connectivity index (χ1n) is 3.99. The summed E-state index contributed by atoms with van der Waals surface area (Å²) in [5.41, 5.74) is 1.76. The zero-order valence-electron chi connectivity index (χ0n) is 6.39. The van der Waals surface area contributed by atoms with Gasteiger partial charge in [-0.3, -0.25) is 0 Å². The molecular weight excluding hydrogens is 156 g/mol. The molecule has 0 aromatic heterocycles. The predicted molar refractivity (Wildman–Crippen MR) is 48.1 cm³/mol. The molecule has 0 radical (unpaired) electrons. The highest BCUT2D eigenvalue weighted by Crippen LogP contribution is 2.48. The predicted octanol–water partition coefficient (Wildman–Crippen LogP) is 2.96. The van der Waals surface area contributed by atoms with Crippen molar-refractivity contribution in [1.82, 2.24) is 0 Å². The van der Waals surface area contributed by atoms with Crippen LogP contribution in [0.25, 0.3) is 0 Å². The fourth-order valence-corrected chi connectivity index (χ4v) is 1.86. The van der Waals surface area contributed by atoms with Gasteiger partial charge in [0.15, 0.2) is 0 Å². The minimum absolute atomic E-state index is 0.350. The largest absolute Gasteiger partial charge is 0.126 e. The van der Waals surface area contributed by atoms with Gasteiger partial charge in [-0.1, -0.05) is 30.3 Å². The monoisotopic (exact) mass is 166 g/mol. The minimum atomic E-state index is 0.350. The van der Waals surface area contributed by atoms with Gasteiger partial charge >= 0.3 is 0 Å². The Balaban J connectivity index is 2.30. The molecule has 0 spiro atoms. The molecule has 11 heavy (non-hydrogen) atoms. The zero-order valence-corrected chi connectivity index (χ0v) is 7.14. The number of benzene rings is 1. The highest BCUT2D eigenvalue weighted by Gasteiger charge is 2.42. The van der Waals surface area contributed by atoms with Crippen LogP contribution in [0.2, 0.25) is 0 Å². The van der Waals surface area contributed by atoms with Crippen LogP contribution in [0.1, 0.15) is 18.4 Å². The summed E-state index contributed by atoms with van der Waals surface area (Å²) >= 11 is 5.89. The lowest BCUT2D eigenvalue weighted by atomic mass is 9.99. The van der Waals surface area contributed by atoms with Crippen molar-refractivity contribution in [3.05, 3.63) is 35.9 Å². The molecule has 0 atom stereocenters. The Bertz CT molecular complexity index is 236. The van der Waals surface area contributed by atoms with Crippen molar-refractivity contribution < 1.29 is 0 Å². The lowest BCUT2D eigenvalue weighted by Crippen LogP contribution is -2.07. The maximum absolute atomic E-state index is 5.89. The average molecular weight is 167 g/mol. The molecular formula is C10H11Cl. The van der Waals surface area contributed by atoms with Gasteiger partial charge in [0.05, 0.1) is 0 Å². The number of hydrogen-bond acceptors (Lipinski definition) is 0. The van der Waals surface area contributed by atoms with Crippen molar-refractivity contribution in [2.24, 2.45) is 0 Å². The van der Waals surface area contributed by atoms with Gasteiger partial charge < -0.3 is 0 Å². The van der Waals surface area contributed by atoms with Gasteiger partial charge in [-0.15, -0.1) is 11.6 Å². The van der Waals surface area contributed by atoms with Crippen molar-refractivity contribution in [2.45, 2.75) is 18.3 Å². The minimum Gasteiger partial charge on any atom is -0.126 e. The topological polar surface area (TPSA) is 0 Å². The van der Waals surface area contributed by atoms with E-state index in [0.717, 1.165) is 5.88 Å². The highest BCUT2D eigenvalue weighted by molar-refractivity contribution is 6.19. The van der Waals surface area contributed by atoms with Crippen molar-refractivity contribution in [1.29, 1.82) is 0 Å². The molecule has 0 unspecified atom stereocenters. The summed E-state index contributed by atoms with van der Waals surface area (Å²) in [5, 5.41) is 0. The van der Waals surface area contributed by atoms with Gasteiger partial charge in [-0.25, -0.2) is 0 Å². The van der Waals surface area contributed by atoms with Crippen LogP contribution in [0.15, 0.2) is 30.3 Å². The second-order valence-electron chi connectivity index (χ2n) is 3.28. The van der Waals surface area contributed by atoms with E-state index < -0.39 is 0 Å². The molecule has 2 rings (SSSR count). The fraction of sp³-hybridized carbons (Fsp3) is 0.400. The van der Waals surface area contributed by atoms with E-state index in [1.165, 1.54) is 18.4 Å². The first-order chi connectivity index (χ1) is 5.37. The summed E-state index contributed by atoms with van der Waals surface area (Å²) in [6.07, 6.45) is 2.53. The van der Waals surface area contributed by atoms with E-state index in [-0.39, 0.29) is 0 Å². The first kappa shape index (κ1) is 7.17. The second-order valence-corrected chi connectivity index (χ2v) is 3.55. The summed E-state index contributed by atoms with van der Waals surface area (Å²) in [6, 6.07) is 10.6. The third kappa shape index (κ3) is 1.16. The number of alkyl halides is 1. The molecule has 0 heterocycles. The summed E-state index contributed by atoms with van der Waals surface area (Å²) in [7, 11) is 0. The van der Waals surface area contributed by atoms with Crippen LogP contribution in [0, 0.1) is 0 Å². The van der Waals surface area contributed by atoms with Crippen molar-refractivity contribution in [2.75, 3.05) is 5.88 Å². The van der Waals surface area contributed by atoms with E-state index in [1.807, 2.05) is 6.07 Å². The van der Waals surface area contributed by atoms with Crippen LogP contribution in [-0.4, -0.2) is 5.88 Å². The van der Waals surface area contributed by atoms with Crippen LogP contribution in [0.4, 0.5) is 0 Å². The maximum atomic E-state index is 5.89. The average Bonchev–Trinajstić information content (AvgIpc) is 2.86. The van der Waals surface area contributed by atoms with Crippen LogP contribution < -0.4 is 0 Å². The van der Waals surface area contributed by atoms with E-state index >= 15 is 0 Å². The van der Waals surface area contributed by atoms with E-state index in [0.29, 0.717) is 5.41 Å². The summed E-state index contributed by atoms with van der Waals surface area (Å²) < 4.78 is 0. The molecule has 0 aliphatic heterocycles. The standard InChI is InChI=1S/C10H11Cl/c11-8-10(6-7-10)9-4-2-1-3-5-9/h1-5H,6-8H2. The van der Waals surface area contributed by atoms with Gasteiger partial charge in [0.2, 0.25) is 0 Å². The Kier molecular flexibility index (Phi) is 1.65. The maximum Gasteiger partial charge on any atom is 0.0320 e. The Labute approximate surface area is 72.2 Å². The number of hydrogen-bond donors (Lipinski definition) is 0. The Morgan fingerprint density at radius 2 is 1.82 bits per heavy atom. The molecule has 1 aromatic rings. The number of halogens is 1. The second kappa shape index (κ2) is 2.53. The molecule has 1 aliphatic carbocycles. The fourth-order valence-electron chi connectivity index (χ4n) is 1.44. The SMILES string of the molecule is ClCC1(c2ccccc2)CC1. The molecule has 0 N–H and O–H groups in total. The van der Waals surface area contributed by atoms with E-state index in [2.05, 4.69) is 24.3 Å². The zero-order chi connectivity index (χ0) is 7.73. The van der Waals surface area contributed by atoms with Crippen LogP contribution in [0.3, 0.4) is 0 Å². The van der Waals surface area contributed by atoms with E-state index in [9.17, 15) is 0 Å². The van der Waals surface area contributed by atoms with Gasteiger partial charge in [0.1, 0.15) is 0 Å². The van der Waals surface area contributed by atoms with Crippen molar-refractivity contribution in [3.8, 4) is 0 Å². The van der Waals surface area contributed by atoms with E-state index in [1.54, 1.807) is 0 Å². The molecule has 0 nitrogen and oxygen atoms in total. The molecule has 1 aliphatic rings. The lowest BCUT2D eigenvalue weighted by molar-refractivity contribution is 0.797. The summed E-state index contributed by atoms with van der Waals surface area (Å²) in [5.74, 6) is 0.775. The van der Waals surface area contributed by atoms with Gasteiger partial charge in [0, 0.05) is 11.3 Å². The molecule has 0 saturated heterocycles. The first-order valence-corrected chi connectivity index (χ1v) is 4.52. The molecule has 1 saturated carbocycles. The van der Waals surface area contributed by atoms with Crippen molar-refractivity contribution in [3.63, 3.8) is 0 Å². The molecule has 1 heteroatoms. The summed E-state index contributed by atoms with van der Waals surface area (Å²) in [4.78, 5) is 0. The lowest BCUT2D eigenvalue weighted by Gasteiger charge is -2.10. The molecule has 0 amide bonds. The molecule has 58 valence electrons. The highest BCUT2D eigenvalue weighted by atomic mass is 35.5. The third-order valence-electron chi connectivity index (χ3n) is 2.50. The van der Waals surface area contributed by atoms with Crippen LogP contribution >= 0.6 is 11.6 Å². The Morgan fingerprint density at radius 1 is 1.18 bits per heavy atom. The Morgan fingerprint density at radius 3 is 2.27 bits per heavy atom. The van der Waals surface area contributed by atoms with Crippen molar-refractivity contribution >= 4 is 11.6 Å². The van der Waals surface area contributed by atoms with Gasteiger partial charge in [-0.05, 0) is 18.4 Å². The third-order valence-corrected chi connectivity index (χ3v) is 3.01. The Hall–Kier alpha value is -0.490. The van der Waals surface area contributed by atoms with Gasteiger partial charge in [0.25, 0.3) is 0 Å². The quantitative estimate of drug-likeness (QED) is 0.593. The number of rotatable bonds is 2. The smallest absolute Gasteiger partial charge is 0.0320 e. The molecule has 0 bridgehead atoms.